The molecule has 18 heavy (non-hydrogen) atoms. The van der Waals surface area contributed by atoms with Crippen LogP contribution in [0.1, 0.15) is 39.5 Å². The Morgan fingerprint density at radius 1 is 1.56 bits per heavy atom. The second-order valence-corrected chi connectivity index (χ2v) is 5.28. The van der Waals surface area contributed by atoms with Gasteiger partial charge in [0.05, 0.1) is 19.1 Å². The number of cyclic esters (lactones) is 1. The topological polar surface area (TPSA) is 76.0 Å². The third kappa shape index (κ3) is 4.96. The molecule has 0 radical (unpaired) electrons. The van der Waals surface area contributed by atoms with Crippen molar-refractivity contribution in [2.75, 3.05) is 6.61 Å². The summed E-state index contributed by atoms with van der Waals surface area (Å²) in [5, 5.41) is 12.9. The van der Waals surface area contributed by atoms with Gasteiger partial charge in [-0.3, -0.25) is 4.79 Å². The molecule has 0 saturated heterocycles. The van der Waals surface area contributed by atoms with Gasteiger partial charge < -0.3 is 9.84 Å². The number of esters is 1. The maximum atomic E-state index is 11.4. The average Bonchev–Trinajstić information content (AvgIpc) is 2.33. The first kappa shape index (κ1) is 14.8. The van der Waals surface area contributed by atoms with Gasteiger partial charge in [-0.2, -0.15) is 4.91 Å². The molecule has 0 unspecified atom stereocenters. The van der Waals surface area contributed by atoms with Crippen molar-refractivity contribution in [3.05, 3.63) is 17.1 Å². The van der Waals surface area contributed by atoms with Gasteiger partial charge >= 0.3 is 5.97 Å². The summed E-state index contributed by atoms with van der Waals surface area (Å²) in [4.78, 5) is 22.3. The van der Waals surface area contributed by atoms with E-state index >= 15 is 0 Å². The molecule has 102 valence electrons. The molecule has 1 heterocycles. The molecule has 0 amide bonds. The van der Waals surface area contributed by atoms with Gasteiger partial charge in [-0.25, -0.2) is 0 Å². The van der Waals surface area contributed by atoms with E-state index in [1.807, 2.05) is 19.1 Å². The molecule has 1 aliphatic heterocycles. The minimum atomic E-state index is -0.766. The quantitative estimate of drug-likeness (QED) is 0.442. The molecule has 0 fully saturated rings. The third-order valence-electron chi connectivity index (χ3n) is 3.17. The second-order valence-electron chi connectivity index (χ2n) is 5.28. The lowest BCUT2D eigenvalue weighted by atomic mass is 9.90. The monoisotopic (exact) mass is 255 g/mol. The number of rotatable bonds is 1. The smallest absolute Gasteiger partial charge is 0.308 e. The number of ether oxygens (including phenoxy) is 1. The van der Waals surface area contributed by atoms with E-state index in [-0.39, 0.29) is 12.3 Å². The number of nitroso groups, excluding NO2 is 1. The Labute approximate surface area is 107 Å². The zero-order valence-electron chi connectivity index (χ0n) is 11.0. The highest BCUT2D eigenvalue weighted by Crippen LogP contribution is 2.24. The standard InChI is InChI=1S/C13H21NO4/c1-10-4-3-6-13(2,14-17)7-5-11(15)8-12(16)18-9-10/h3-4,10-11,15H,5-9H2,1-2H3/b4-3+/t10-,11+,13-/m0/s1. The van der Waals surface area contributed by atoms with Crippen molar-refractivity contribution in [1.82, 2.24) is 0 Å². The van der Waals surface area contributed by atoms with Crippen molar-refractivity contribution in [3.8, 4) is 0 Å². The highest BCUT2D eigenvalue weighted by molar-refractivity contribution is 5.69. The van der Waals surface area contributed by atoms with Gasteiger partial charge in [0.1, 0.15) is 5.54 Å². The van der Waals surface area contributed by atoms with Crippen LogP contribution in [0.25, 0.3) is 0 Å². The van der Waals surface area contributed by atoms with Crippen LogP contribution in [0.5, 0.6) is 0 Å². The van der Waals surface area contributed by atoms with E-state index in [0.29, 0.717) is 25.9 Å². The summed E-state index contributed by atoms with van der Waals surface area (Å²) < 4.78 is 5.04. The fourth-order valence-corrected chi connectivity index (χ4v) is 1.85. The van der Waals surface area contributed by atoms with Crippen molar-refractivity contribution < 1.29 is 14.6 Å². The van der Waals surface area contributed by atoms with Crippen LogP contribution in [0.4, 0.5) is 0 Å². The maximum Gasteiger partial charge on any atom is 0.308 e. The summed E-state index contributed by atoms with van der Waals surface area (Å²) >= 11 is 0. The van der Waals surface area contributed by atoms with Crippen LogP contribution in [0.2, 0.25) is 0 Å². The molecular formula is C13H21NO4. The minimum absolute atomic E-state index is 0.0224. The van der Waals surface area contributed by atoms with Crippen molar-refractivity contribution >= 4 is 5.97 Å². The van der Waals surface area contributed by atoms with E-state index in [1.165, 1.54) is 0 Å². The third-order valence-corrected chi connectivity index (χ3v) is 3.17. The number of nitrogens with zero attached hydrogens (tertiary/aromatic N) is 1. The zero-order valence-corrected chi connectivity index (χ0v) is 11.0. The van der Waals surface area contributed by atoms with Gasteiger partial charge in [0, 0.05) is 5.92 Å². The van der Waals surface area contributed by atoms with Crippen LogP contribution in [0.3, 0.4) is 0 Å². The first-order valence-electron chi connectivity index (χ1n) is 6.30. The normalized spacial score (nSPS) is 36.9. The van der Waals surface area contributed by atoms with E-state index < -0.39 is 17.6 Å². The van der Waals surface area contributed by atoms with Crippen LogP contribution in [0, 0.1) is 10.8 Å². The fraction of sp³-hybridized carbons (Fsp3) is 0.769. The molecule has 0 saturated carbocycles. The van der Waals surface area contributed by atoms with E-state index in [1.54, 1.807) is 6.92 Å². The van der Waals surface area contributed by atoms with Crippen molar-refractivity contribution in [2.45, 2.75) is 51.2 Å². The second kappa shape index (κ2) is 6.64. The van der Waals surface area contributed by atoms with Gasteiger partial charge in [-0.1, -0.05) is 24.3 Å². The van der Waals surface area contributed by atoms with Gasteiger partial charge in [0.15, 0.2) is 0 Å². The van der Waals surface area contributed by atoms with Gasteiger partial charge in [-0.15, -0.1) is 0 Å². The maximum absolute atomic E-state index is 11.4. The summed E-state index contributed by atoms with van der Waals surface area (Å²) in [6.07, 6.45) is 4.41. The number of aliphatic hydroxyl groups excluding tert-OH is 1. The lowest BCUT2D eigenvalue weighted by Crippen LogP contribution is -2.25. The Morgan fingerprint density at radius 2 is 2.28 bits per heavy atom. The van der Waals surface area contributed by atoms with Crippen molar-refractivity contribution in [1.29, 1.82) is 0 Å². The number of hydrogen-bond donors (Lipinski definition) is 1. The molecule has 0 aromatic carbocycles. The van der Waals surface area contributed by atoms with E-state index in [0.717, 1.165) is 0 Å². The van der Waals surface area contributed by atoms with E-state index in [9.17, 15) is 14.8 Å². The Bertz CT molecular complexity index is 329. The Morgan fingerprint density at radius 3 is 2.94 bits per heavy atom. The highest BCUT2D eigenvalue weighted by atomic mass is 16.5. The van der Waals surface area contributed by atoms with Crippen LogP contribution in [-0.2, 0) is 9.53 Å². The summed E-state index contributed by atoms with van der Waals surface area (Å²) in [5.41, 5.74) is -0.708. The molecule has 0 spiro atoms. The first-order valence-corrected chi connectivity index (χ1v) is 6.30. The number of carbonyl (C=O) groups excluding carboxylic acids is 1. The average molecular weight is 255 g/mol. The summed E-state index contributed by atoms with van der Waals surface area (Å²) in [5.74, 6) is -0.300. The number of aliphatic hydroxyl groups is 1. The molecule has 3 atom stereocenters. The molecule has 1 rings (SSSR count). The fourth-order valence-electron chi connectivity index (χ4n) is 1.85. The molecular weight excluding hydrogens is 234 g/mol. The van der Waals surface area contributed by atoms with Crippen LogP contribution in [-0.4, -0.2) is 29.3 Å². The largest absolute Gasteiger partial charge is 0.465 e. The molecule has 5 heteroatoms. The van der Waals surface area contributed by atoms with E-state index in [4.69, 9.17) is 4.74 Å². The SMILES string of the molecule is C[C@H]1/C=C/C[C@](C)(N=O)CC[C@@H](O)CC(=O)OC1. The highest BCUT2D eigenvalue weighted by Gasteiger charge is 2.26. The lowest BCUT2D eigenvalue weighted by molar-refractivity contribution is -0.146. The van der Waals surface area contributed by atoms with Gasteiger partial charge in [-0.05, 0) is 26.2 Å². The summed E-state index contributed by atoms with van der Waals surface area (Å²) in [6.45, 7) is 4.00. The molecule has 1 N–H and O–H groups in total. The van der Waals surface area contributed by atoms with Crippen LogP contribution >= 0.6 is 0 Å². The predicted octanol–water partition coefficient (Wildman–Crippen LogP) is 2.18. The zero-order chi connectivity index (χ0) is 13.6. The molecule has 0 aromatic heterocycles. The van der Waals surface area contributed by atoms with Crippen LogP contribution < -0.4 is 0 Å². The molecule has 0 aromatic rings. The minimum Gasteiger partial charge on any atom is -0.465 e. The van der Waals surface area contributed by atoms with Crippen molar-refractivity contribution in [2.24, 2.45) is 11.1 Å². The Hall–Kier alpha value is -1.23. The van der Waals surface area contributed by atoms with Gasteiger partial charge in [0.2, 0.25) is 0 Å². The summed E-state index contributed by atoms with van der Waals surface area (Å²) in [6, 6.07) is 0. The lowest BCUT2D eigenvalue weighted by Gasteiger charge is -2.22. The summed E-state index contributed by atoms with van der Waals surface area (Å²) in [7, 11) is 0. The van der Waals surface area contributed by atoms with Crippen molar-refractivity contribution in [3.63, 3.8) is 0 Å². The number of carbonyl (C=O) groups is 1. The van der Waals surface area contributed by atoms with Gasteiger partial charge in [0.25, 0.3) is 0 Å². The number of hydrogen-bond acceptors (Lipinski definition) is 5. The molecule has 5 nitrogen and oxygen atoms in total. The Kier molecular flexibility index (Phi) is 5.47. The predicted molar refractivity (Wildman–Crippen MR) is 67.9 cm³/mol. The van der Waals surface area contributed by atoms with Crippen LogP contribution in [0.15, 0.2) is 17.3 Å². The molecule has 0 bridgehead atoms. The first-order chi connectivity index (χ1) is 8.45. The van der Waals surface area contributed by atoms with E-state index in [2.05, 4.69) is 5.18 Å². The molecule has 0 aliphatic carbocycles. The molecule has 1 aliphatic rings. The Balaban J connectivity index is 2.74.